The van der Waals surface area contributed by atoms with E-state index in [9.17, 15) is 4.79 Å². The first-order chi connectivity index (χ1) is 8.25. The van der Waals surface area contributed by atoms with Crippen LogP contribution < -0.4 is 5.32 Å². The molecule has 0 bridgehead atoms. The molecule has 17 heavy (non-hydrogen) atoms. The maximum absolute atomic E-state index is 12.0. The van der Waals surface area contributed by atoms with Gasteiger partial charge < -0.3 is 10.2 Å². The molecule has 1 amide bonds. The van der Waals surface area contributed by atoms with Crippen molar-refractivity contribution in [2.24, 2.45) is 0 Å². The molecule has 96 valence electrons. The van der Waals surface area contributed by atoms with Crippen molar-refractivity contribution in [3.8, 4) is 0 Å². The molecule has 3 nitrogen and oxygen atoms in total. The highest BCUT2D eigenvalue weighted by atomic mass is 32.2. The zero-order chi connectivity index (χ0) is 12.1. The van der Waals surface area contributed by atoms with Gasteiger partial charge in [0.1, 0.15) is 0 Å². The average Bonchev–Trinajstić information content (AvgIpc) is 2.37. The second-order valence-corrected chi connectivity index (χ2v) is 6.20. The van der Waals surface area contributed by atoms with Crippen LogP contribution in [0.4, 0.5) is 0 Å². The van der Waals surface area contributed by atoms with Crippen molar-refractivity contribution in [1.29, 1.82) is 0 Å². The first kappa shape index (κ1) is 13.0. The van der Waals surface area contributed by atoms with E-state index >= 15 is 0 Å². The minimum Gasteiger partial charge on any atom is -0.338 e. The Morgan fingerprint density at radius 1 is 1.53 bits per heavy atom. The number of rotatable bonds is 3. The third-order valence-corrected chi connectivity index (χ3v) is 4.77. The fraction of sp³-hybridized carbons (Fsp3) is 0.769. The van der Waals surface area contributed by atoms with Crippen LogP contribution in [-0.4, -0.2) is 48.0 Å². The Hall–Kier alpha value is -0.480. The second-order valence-electron chi connectivity index (χ2n) is 4.91. The molecule has 0 aromatic heterocycles. The second kappa shape index (κ2) is 6.45. The van der Waals surface area contributed by atoms with E-state index in [1.807, 2.05) is 16.7 Å². The molecule has 4 heteroatoms. The minimum atomic E-state index is 0.320. The van der Waals surface area contributed by atoms with Crippen LogP contribution in [-0.2, 0) is 4.79 Å². The molecule has 2 aliphatic rings. The number of hydrogen-bond donors (Lipinski definition) is 1. The number of hydrogen-bond acceptors (Lipinski definition) is 3. The molecule has 0 radical (unpaired) electrons. The van der Waals surface area contributed by atoms with Gasteiger partial charge in [0, 0.05) is 18.3 Å². The molecular formula is C13H22N2OS. The molecule has 2 rings (SSSR count). The number of amides is 1. The lowest BCUT2D eigenvalue weighted by Gasteiger charge is -2.27. The zero-order valence-corrected chi connectivity index (χ0v) is 11.4. The normalized spacial score (nSPS) is 22.4. The topological polar surface area (TPSA) is 32.3 Å². The van der Waals surface area contributed by atoms with Crippen LogP contribution in [0, 0.1) is 0 Å². The summed E-state index contributed by atoms with van der Waals surface area (Å²) in [6.45, 7) is 6.07. The van der Waals surface area contributed by atoms with Crippen molar-refractivity contribution < 1.29 is 4.79 Å². The lowest BCUT2D eigenvalue weighted by molar-refractivity contribution is -0.128. The van der Waals surface area contributed by atoms with Gasteiger partial charge in [-0.3, -0.25) is 4.79 Å². The van der Waals surface area contributed by atoms with Crippen molar-refractivity contribution in [3.05, 3.63) is 11.6 Å². The first-order valence-corrected chi connectivity index (χ1v) is 7.56. The quantitative estimate of drug-likeness (QED) is 0.777. The van der Waals surface area contributed by atoms with Crippen LogP contribution >= 0.6 is 11.8 Å². The van der Waals surface area contributed by atoms with Gasteiger partial charge in [-0.15, -0.1) is 11.8 Å². The Kier molecular flexibility index (Phi) is 4.92. The summed E-state index contributed by atoms with van der Waals surface area (Å²) in [7, 11) is 0. The number of thioether (sulfide) groups is 1. The molecule has 0 atom stereocenters. The Labute approximate surface area is 108 Å². The van der Waals surface area contributed by atoms with E-state index in [1.54, 1.807) is 0 Å². The summed E-state index contributed by atoms with van der Waals surface area (Å²) in [4.78, 5) is 14.1. The fourth-order valence-corrected chi connectivity index (χ4v) is 3.50. The molecule has 1 saturated heterocycles. The number of nitrogens with one attached hydrogen (secondary N) is 1. The summed E-state index contributed by atoms with van der Waals surface area (Å²) in [5, 5.41) is 4.04. The Morgan fingerprint density at radius 3 is 3.00 bits per heavy atom. The Morgan fingerprint density at radius 2 is 2.29 bits per heavy atom. The van der Waals surface area contributed by atoms with E-state index in [0.29, 0.717) is 16.9 Å². The van der Waals surface area contributed by atoms with Crippen molar-refractivity contribution >= 4 is 17.7 Å². The lowest BCUT2D eigenvalue weighted by atomic mass is 10.1. The largest absolute Gasteiger partial charge is 0.338 e. The maximum atomic E-state index is 12.0. The summed E-state index contributed by atoms with van der Waals surface area (Å²) in [6.07, 6.45) is 5.67. The van der Waals surface area contributed by atoms with E-state index in [1.165, 1.54) is 18.4 Å². The van der Waals surface area contributed by atoms with Gasteiger partial charge in [-0.05, 0) is 39.3 Å². The number of carbonyl (C=O) groups excluding carboxylic acids is 1. The smallest absolute Gasteiger partial charge is 0.232 e. The van der Waals surface area contributed by atoms with Gasteiger partial charge in [-0.25, -0.2) is 0 Å². The summed E-state index contributed by atoms with van der Waals surface area (Å²) < 4.78 is 0. The van der Waals surface area contributed by atoms with Crippen molar-refractivity contribution in [2.45, 2.75) is 31.4 Å². The molecule has 0 aliphatic carbocycles. The van der Waals surface area contributed by atoms with E-state index in [4.69, 9.17) is 0 Å². The number of nitrogens with zero attached hydrogens (tertiary/aromatic N) is 1. The lowest BCUT2D eigenvalue weighted by Crippen LogP contribution is -2.37. The molecule has 0 unspecified atom stereocenters. The van der Waals surface area contributed by atoms with Gasteiger partial charge in [-0.1, -0.05) is 11.6 Å². The third-order valence-electron chi connectivity index (χ3n) is 3.41. The molecule has 0 aromatic rings. The summed E-state index contributed by atoms with van der Waals surface area (Å²) in [5.41, 5.74) is 1.33. The van der Waals surface area contributed by atoms with Crippen LogP contribution in [0.3, 0.4) is 0 Å². The van der Waals surface area contributed by atoms with Gasteiger partial charge in [0.05, 0.1) is 5.75 Å². The zero-order valence-electron chi connectivity index (χ0n) is 10.6. The Bertz CT molecular complexity index is 298. The third kappa shape index (κ3) is 4.03. The molecule has 2 aliphatic heterocycles. The van der Waals surface area contributed by atoms with Gasteiger partial charge in [0.25, 0.3) is 0 Å². The first-order valence-electron chi connectivity index (χ1n) is 6.51. The summed E-state index contributed by atoms with van der Waals surface area (Å²) >= 11 is 1.85. The van der Waals surface area contributed by atoms with Crippen LogP contribution in [0.15, 0.2) is 11.6 Å². The Balaban J connectivity index is 1.71. The summed E-state index contributed by atoms with van der Waals surface area (Å²) in [6, 6.07) is 0. The summed E-state index contributed by atoms with van der Waals surface area (Å²) in [5.74, 6) is 0.985. The van der Waals surface area contributed by atoms with Crippen molar-refractivity contribution in [3.63, 3.8) is 0 Å². The highest BCUT2D eigenvalue weighted by Gasteiger charge is 2.19. The number of carbonyl (C=O) groups is 1. The average molecular weight is 254 g/mol. The standard InChI is InChI=1S/C13H22N2OS/c1-11-3-2-8-15(9-11)13(16)10-17-12-4-6-14-7-5-12/h3,12,14H,2,4-10H2,1H3. The fourth-order valence-electron chi connectivity index (χ4n) is 2.37. The van der Waals surface area contributed by atoms with E-state index in [0.717, 1.165) is 32.6 Å². The molecule has 2 heterocycles. The van der Waals surface area contributed by atoms with E-state index < -0.39 is 0 Å². The van der Waals surface area contributed by atoms with E-state index in [-0.39, 0.29) is 0 Å². The maximum Gasteiger partial charge on any atom is 0.232 e. The van der Waals surface area contributed by atoms with Crippen molar-refractivity contribution in [2.75, 3.05) is 31.9 Å². The van der Waals surface area contributed by atoms with Gasteiger partial charge in [-0.2, -0.15) is 0 Å². The SMILES string of the molecule is CC1=CCCN(C(=O)CSC2CCNCC2)C1. The van der Waals surface area contributed by atoms with Crippen LogP contribution in [0.5, 0.6) is 0 Å². The van der Waals surface area contributed by atoms with Crippen LogP contribution in [0.2, 0.25) is 0 Å². The predicted octanol–water partition coefficient (Wildman–Crippen LogP) is 1.65. The highest BCUT2D eigenvalue weighted by molar-refractivity contribution is 8.00. The van der Waals surface area contributed by atoms with E-state index in [2.05, 4.69) is 18.3 Å². The monoisotopic (exact) mass is 254 g/mol. The number of piperidine rings is 1. The predicted molar refractivity (Wildman–Crippen MR) is 73.3 cm³/mol. The molecule has 1 N–H and O–H groups in total. The molecule has 0 aromatic carbocycles. The van der Waals surface area contributed by atoms with Crippen LogP contribution in [0.25, 0.3) is 0 Å². The van der Waals surface area contributed by atoms with Crippen LogP contribution in [0.1, 0.15) is 26.2 Å². The van der Waals surface area contributed by atoms with Crippen molar-refractivity contribution in [1.82, 2.24) is 10.2 Å². The molecule has 0 saturated carbocycles. The van der Waals surface area contributed by atoms with Gasteiger partial charge >= 0.3 is 0 Å². The molecule has 1 fully saturated rings. The molecular weight excluding hydrogens is 232 g/mol. The molecule has 0 spiro atoms. The highest BCUT2D eigenvalue weighted by Crippen LogP contribution is 2.21. The minimum absolute atomic E-state index is 0.320. The van der Waals surface area contributed by atoms with Gasteiger partial charge in [0.2, 0.25) is 5.91 Å². The van der Waals surface area contributed by atoms with Gasteiger partial charge in [0.15, 0.2) is 0 Å².